The first-order valence-corrected chi connectivity index (χ1v) is 8.02. The minimum absolute atomic E-state index is 0.0959. The van der Waals surface area contributed by atoms with Gasteiger partial charge in [0, 0.05) is 39.4 Å². The first-order valence-electron chi connectivity index (χ1n) is 7.20. The SMILES string of the molecule is CC(=O)Nc1ccc(Sc2cc(=O)[nH]c3ccc(C)cc23)cc1. The van der Waals surface area contributed by atoms with Gasteiger partial charge in [0.25, 0.3) is 0 Å². The highest BCUT2D eigenvalue weighted by Crippen LogP contribution is 2.32. The zero-order valence-corrected chi connectivity index (χ0v) is 13.7. The molecule has 0 aliphatic rings. The molecule has 0 atom stereocenters. The second-order valence-electron chi connectivity index (χ2n) is 5.35. The lowest BCUT2D eigenvalue weighted by Gasteiger charge is -2.08. The van der Waals surface area contributed by atoms with Crippen molar-refractivity contribution in [3.63, 3.8) is 0 Å². The van der Waals surface area contributed by atoms with Gasteiger partial charge < -0.3 is 10.3 Å². The molecular weight excluding hydrogens is 308 g/mol. The fourth-order valence-corrected chi connectivity index (χ4v) is 3.33. The Morgan fingerprint density at radius 1 is 1.09 bits per heavy atom. The number of aromatic nitrogens is 1. The maximum absolute atomic E-state index is 11.8. The Labute approximate surface area is 137 Å². The number of H-pyrrole nitrogens is 1. The minimum atomic E-state index is -0.112. The van der Waals surface area contributed by atoms with Crippen molar-refractivity contribution in [3.05, 3.63) is 64.4 Å². The van der Waals surface area contributed by atoms with Gasteiger partial charge in [-0.15, -0.1) is 0 Å². The van der Waals surface area contributed by atoms with Crippen LogP contribution in [0.25, 0.3) is 10.9 Å². The van der Waals surface area contributed by atoms with Crippen LogP contribution < -0.4 is 10.9 Å². The standard InChI is InChI=1S/C18H16N2O2S/c1-11-3-8-16-15(9-11)17(10-18(22)20-16)23-14-6-4-13(5-7-14)19-12(2)21/h3-10H,1-2H3,(H,19,21)(H,20,22). The number of nitrogens with one attached hydrogen (secondary N) is 2. The second-order valence-corrected chi connectivity index (χ2v) is 6.47. The van der Waals surface area contributed by atoms with E-state index in [0.717, 1.165) is 31.9 Å². The predicted octanol–water partition coefficient (Wildman–Crippen LogP) is 3.95. The first-order chi connectivity index (χ1) is 11.0. The predicted molar refractivity (Wildman–Crippen MR) is 94.2 cm³/mol. The Hall–Kier alpha value is -2.53. The fraction of sp³-hybridized carbons (Fsp3) is 0.111. The molecule has 1 amide bonds. The van der Waals surface area contributed by atoms with Crippen LogP contribution >= 0.6 is 11.8 Å². The molecular formula is C18H16N2O2S. The van der Waals surface area contributed by atoms with E-state index < -0.39 is 0 Å². The van der Waals surface area contributed by atoms with Gasteiger partial charge in [-0.25, -0.2) is 0 Å². The molecule has 4 nitrogen and oxygen atoms in total. The fourth-order valence-electron chi connectivity index (χ4n) is 2.36. The number of aryl methyl sites for hydroxylation is 1. The summed E-state index contributed by atoms with van der Waals surface area (Å²) in [6.07, 6.45) is 0. The lowest BCUT2D eigenvalue weighted by atomic mass is 10.1. The Morgan fingerprint density at radius 3 is 2.52 bits per heavy atom. The van der Waals surface area contributed by atoms with E-state index in [0.29, 0.717) is 0 Å². The van der Waals surface area contributed by atoms with E-state index in [-0.39, 0.29) is 11.5 Å². The van der Waals surface area contributed by atoms with Crippen LogP contribution in [0.3, 0.4) is 0 Å². The largest absolute Gasteiger partial charge is 0.326 e. The number of amides is 1. The van der Waals surface area contributed by atoms with Gasteiger partial charge in [-0.3, -0.25) is 9.59 Å². The number of benzene rings is 2. The van der Waals surface area contributed by atoms with Gasteiger partial charge in [0.05, 0.1) is 0 Å². The highest BCUT2D eigenvalue weighted by Gasteiger charge is 2.06. The van der Waals surface area contributed by atoms with Crippen molar-refractivity contribution in [3.8, 4) is 0 Å². The summed E-state index contributed by atoms with van der Waals surface area (Å²) in [5.74, 6) is -0.0959. The van der Waals surface area contributed by atoms with Crippen LogP contribution in [0.5, 0.6) is 0 Å². The summed E-state index contributed by atoms with van der Waals surface area (Å²) >= 11 is 1.53. The average molecular weight is 324 g/mol. The van der Waals surface area contributed by atoms with E-state index in [9.17, 15) is 9.59 Å². The summed E-state index contributed by atoms with van der Waals surface area (Å²) in [5.41, 5.74) is 2.63. The molecule has 0 fully saturated rings. The Kier molecular flexibility index (Phi) is 4.21. The molecule has 0 saturated carbocycles. The molecule has 0 unspecified atom stereocenters. The van der Waals surface area contributed by atoms with Crippen molar-refractivity contribution in [2.45, 2.75) is 23.6 Å². The van der Waals surface area contributed by atoms with E-state index in [2.05, 4.69) is 16.4 Å². The summed E-state index contributed by atoms with van der Waals surface area (Å²) < 4.78 is 0. The zero-order valence-electron chi connectivity index (χ0n) is 12.8. The number of anilines is 1. The Balaban J connectivity index is 1.96. The maximum Gasteiger partial charge on any atom is 0.249 e. The molecule has 1 heterocycles. The monoisotopic (exact) mass is 324 g/mol. The lowest BCUT2D eigenvalue weighted by Crippen LogP contribution is -2.05. The average Bonchev–Trinajstić information content (AvgIpc) is 2.49. The van der Waals surface area contributed by atoms with E-state index in [4.69, 9.17) is 0 Å². The minimum Gasteiger partial charge on any atom is -0.326 e. The van der Waals surface area contributed by atoms with E-state index in [1.54, 1.807) is 6.07 Å². The number of hydrogen-bond acceptors (Lipinski definition) is 3. The molecule has 3 aromatic rings. The third kappa shape index (κ3) is 3.63. The van der Waals surface area contributed by atoms with Gasteiger partial charge in [0.1, 0.15) is 0 Å². The molecule has 0 aliphatic carbocycles. The molecule has 0 saturated heterocycles. The van der Waals surface area contributed by atoms with Crippen molar-refractivity contribution < 1.29 is 4.79 Å². The molecule has 0 bridgehead atoms. The Bertz CT molecular complexity index is 930. The van der Waals surface area contributed by atoms with E-state index in [1.165, 1.54) is 18.7 Å². The van der Waals surface area contributed by atoms with Gasteiger partial charge >= 0.3 is 0 Å². The molecule has 2 N–H and O–H groups in total. The molecule has 2 aromatic carbocycles. The number of fused-ring (bicyclic) bond motifs is 1. The number of rotatable bonds is 3. The van der Waals surface area contributed by atoms with Gasteiger partial charge in [-0.2, -0.15) is 0 Å². The zero-order chi connectivity index (χ0) is 16.4. The quantitative estimate of drug-likeness (QED) is 0.767. The summed E-state index contributed by atoms with van der Waals surface area (Å²) in [4.78, 5) is 27.7. The summed E-state index contributed by atoms with van der Waals surface area (Å²) in [6, 6.07) is 15.2. The third-order valence-corrected chi connectivity index (χ3v) is 4.43. The number of carbonyl (C=O) groups excluding carboxylic acids is 1. The van der Waals surface area contributed by atoms with Crippen LogP contribution in [0.4, 0.5) is 5.69 Å². The van der Waals surface area contributed by atoms with Crippen LogP contribution in [0, 0.1) is 6.92 Å². The van der Waals surface area contributed by atoms with Crippen LogP contribution in [-0.4, -0.2) is 10.9 Å². The number of aromatic amines is 1. The van der Waals surface area contributed by atoms with Crippen LogP contribution in [0.15, 0.2) is 63.1 Å². The van der Waals surface area contributed by atoms with Crippen molar-refractivity contribution in [1.82, 2.24) is 4.98 Å². The first kappa shape index (κ1) is 15.4. The number of hydrogen-bond donors (Lipinski definition) is 2. The molecule has 0 spiro atoms. The van der Waals surface area contributed by atoms with E-state index >= 15 is 0 Å². The maximum atomic E-state index is 11.8. The van der Waals surface area contributed by atoms with Crippen LogP contribution in [-0.2, 0) is 4.79 Å². The molecule has 0 radical (unpaired) electrons. The highest BCUT2D eigenvalue weighted by atomic mass is 32.2. The highest BCUT2D eigenvalue weighted by molar-refractivity contribution is 7.99. The van der Waals surface area contributed by atoms with Crippen LogP contribution in [0.2, 0.25) is 0 Å². The lowest BCUT2D eigenvalue weighted by molar-refractivity contribution is -0.114. The van der Waals surface area contributed by atoms with Gasteiger partial charge in [-0.1, -0.05) is 23.4 Å². The molecule has 5 heteroatoms. The second kappa shape index (κ2) is 6.30. The van der Waals surface area contributed by atoms with Crippen molar-refractivity contribution in [1.29, 1.82) is 0 Å². The Morgan fingerprint density at radius 2 is 1.83 bits per heavy atom. The van der Waals surface area contributed by atoms with Gasteiger partial charge in [-0.05, 0) is 43.3 Å². The number of carbonyl (C=O) groups is 1. The van der Waals surface area contributed by atoms with Gasteiger partial charge in [0.15, 0.2) is 0 Å². The van der Waals surface area contributed by atoms with Crippen LogP contribution in [0.1, 0.15) is 12.5 Å². The molecule has 0 aliphatic heterocycles. The summed E-state index contributed by atoms with van der Waals surface area (Å²) in [6.45, 7) is 3.51. The van der Waals surface area contributed by atoms with Gasteiger partial charge in [0.2, 0.25) is 11.5 Å². The molecule has 3 rings (SSSR count). The summed E-state index contributed by atoms with van der Waals surface area (Å²) in [5, 5.41) is 3.77. The third-order valence-electron chi connectivity index (χ3n) is 3.36. The van der Waals surface area contributed by atoms with Crippen molar-refractivity contribution in [2.24, 2.45) is 0 Å². The number of pyridine rings is 1. The van der Waals surface area contributed by atoms with Crippen molar-refractivity contribution in [2.75, 3.05) is 5.32 Å². The molecule has 116 valence electrons. The topological polar surface area (TPSA) is 62.0 Å². The molecule has 23 heavy (non-hydrogen) atoms. The smallest absolute Gasteiger partial charge is 0.249 e. The normalized spacial score (nSPS) is 10.7. The van der Waals surface area contributed by atoms with E-state index in [1.807, 2.05) is 43.3 Å². The van der Waals surface area contributed by atoms with Crippen molar-refractivity contribution >= 4 is 34.3 Å². The molecule has 1 aromatic heterocycles. The summed E-state index contributed by atoms with van der Waals surface area (Å²) in [7, 11) is 0.